The molecule has 1 amide bonds. The van der Waals surface area contributed by atoms with Gasteiger partial charge >= 0.3 is 5.97 Å². The molecule has 0 aromatic heterocycles. The molecule has 166 valence electrons. The summed E-state index contributed by atoms with van der Waals surface area (Å²) < 4.78 is 4.79. The molecule has 0 unspecified atom stereocenters. The molecule has 2 saturated heterocycles. The molecule has 2 aliphatic rings. The lowest BCUT2D eigenvalue weighted by Crippen LogP contribution is -2.28. The van der Waals surface area contributed by atoms with E-state index in [0.29, 0.717) is 27.9 Å². The smallest absolute Gasteiger partial charge is 0.337 e. The number of esters is 1. The number of likely N-dealkylation sites (N-methyl/N-ethyl adjacent to an activating group) is 1. The third-order valence-electron chi connectivity index (χ3n) is 5.71. The summed E-state index contributed by atoms with van der Waals surface area (Å²) in [5.74, 6) is -0.466. The van der Waals surface area contributed by atoms with Crippen molar-refractivity contribution in [2.45, 2.75) is 26.7 Å². The van der Waals surface area contributed by atoms with Gasteiger partial charge in [-0.05, 0) is 86.0 Å². The first-order valence-corrected chi connectivity index (χ1v) is 11.7. The molecule has 0 N–H and O–H groups in total. The minimum absolute atomic E-state index is 0.0524. The van der Waals surface area contributed by atoms with Gasteiger partial charge in [0.25, 0.3) is 5.91 Å². The molecule has 0 atom stereocenters. The van der Waals surface area contributed by atoms with Crippen molar-refractivity contribution in [3.63, 3.8) is 0 Å². The zero-order chi connectivity index (χ0) is 22.7. The molecule has 2 aliphatic heterocycles. The van der Waals surface area contributed by atoms with Crippen LogP contribution in [0.2, 0.25) is 0 Å². The van der Waals surface area contributed by atoms with Crippen LogP contribution in [0, 0.1) is 6.92 Å². The van der Waals surface area contributed by atoms with Gasteiger partial charge in [-0.15, -0.1) is 0 Å². The molecule has 6 nitrogen and oxygen atoms in total. The fourth-order valence-corrected chi connectivity index (χ4v) is 4.99. The highest BCUT2D eigenvalue weighted by molar-refractivity contribution is 8.18. The number of thioether (sulfide) groups is 1. The number of aryl methyl sites for hydroxylation is 1. The van der Waals surface area contributed by atoms with E-state index in [1.165, 1.54) is 37.4 Å². The highest BCUT2D eigenvalue weighted by atomic mass is 32.2. The molecular formula is C25H27N3O3S. The average Bonchev–Trinajstić information content (AvgIpc) is 3.43. The van der Waals surface area contributed by atoms with Crippen LogP contribution in [0.1, 0.15) is 41.3 Å². The van der Waals surface area contributed by atoms with E-state index in [1.807, 2.05) is 13.0 Å². The Hall–Kier alpha value is -3.06. The SMILES string of the molecule is CCN1C(=O)C(=Cc2ccc(N3CCCC3)cc2C)SC1=Nc1cccc(C(=O)OC)c1. The number of carbonyl (C=O) groups is 2. The molecule has 32 heavy (non-hydrogen) atoms. The van der Waals surface area contributed by atoms with Crippen LogP contribution < -0.4 is 4.90 Å². The van der Waals surface area contributed by atoms with E-state index in [0.717, 1.165) is 24.2 Å². The molecule has 0 aliphatic carbocycles. The number of hydrogen-bond donors (Lipinski definition) is 0. The first-order chi connectivity index (χ1) is 15.5. The fraction of sp³-hybridized carbons (Fsp3) is 0.320. The van der Waals surface area contributed by atoms with Gasteiger partial charge in [-0.2, -0.15) is 0 Å². The number of nitrogens with zero attached hydrogens (tertiary/aromatic N) is 3. The maximum absolute atomic E-state index is 13.0. The van der Waals surface area contributed by atoms with Crippen molar-refractivity contribution in [2.75, 3.05) is 31.6 Å². The summed E-state index contributed by atoms with van der Waals surface area (Å²) in [6.07, 6.45) is 4.44. The molecule has 2 heterocycles. The van der Waals surface area contributed by atoms with E-state index in [4.69, 9.17) is 4.74 Å². The van der Waals surface area contributed by atoms with E-state index >= 15 is 0 Å². The Labute approximate surface area is 193 Å². The standard InChI is InChI=1S/C25H27N3O3S/c1-4-28-23(29)22(16-18-10-11-21(14-17(18)2)27-12-5-6-13-27)32-25(28)26-20-9-7-8-19(15-20)24(30)31-3/h7-11,14-16H,4-6,12-13H2,1-3H3. The van der Waals surface area contributed by atoms with Crippen molar-refractivity contribution in [2.24, 2.45) is 4.99 Å². The van der Waals surface area contributed by atoms with Crippen molar-refractivity contribution in [3.05, 3.63) is 64.1 Å². The largest absolute Gasteiger partial charge is 0.465 e. The van der Waals surface area contributed by atoms with Crippen LogP contribution in [0.5, 0.6) is 0 Å². The van der Waals surface area contributed by atoms with Crippen LogP contribution in [-0.2, 0) is 9.53 Å². The molecule has 0 radical (unpaired) electrons. The first kappa shape index (κ1) is 22.1. The summed E-state index contributed by atoms with van der Waals surface area (Å²) >= 11 is 1.36. The highest BCUT2D eigenvalue weighted by Gasteiger charge is 2.32. The van der Waals surface area contributed by atoms with Crippen LogP contribution in [0.25, 0.3) is 6.08 Å². The number of amides is 1. The molecule has 2 aromatic rings. The number of amidine groups is 1. The number of anilines is 1. The Bertz CT molecular complexity index is 1100. The maximum Gasteiger partial charge on any atom is 0.337 e. The van der Waals surface area contributed by atoms with Crippen LogP contribution in [0.15, 0.2) is 52.4 Å². The predicted molar refractivity (Wildman–Crippen MR) is 130 cm³/mol. The van der Waals surface area contributed by atoms with Crippen LogP contribution in [0.4, 0.5) is 11.4 Å². The molecule has 0 spiro atoms. The number of ether oxygens (including phenoxy) is 1. The van der Waals surface area contributed by atoms with Crippen LogP contribution in [-0.4, -0.2) is 48.7 Å². The van der Waals surface area contributed by atoms with Gasteiger partial charge in [0.15, 0.2) is 5.17 Å². The lowest BCUT2D eigenvalue weighted by atomic mass is 10.1. The number of rotatable bonds is 5. The minimum Gasteiger partial charge on any atom is -0.465 e. The minimum atomic E-state index is -0.414. The Morgan fingerprint density at radius 1 is 1.19 bits per heavy atom. The van der Waals surface area contributed by atoms with Crippen molar-refractivity contribution < 1.29 is 14.3 Å². The van der Waals surface area contributed by atoms with E-state index in [-0.39, 0.29) is 5.91 Å². The van der Waals surface area contributed by atoms with Gasteiger partial charge in [0.2, 0.25) is 0 Å². The molecule has 4 rings (SSSR count). The summed E-state index contributed by atoms with van der Waals surface area (Å²) in [5.41, 5.74) is 4.46. The third kappa shape index (κ3) is 4.58. The zero-order valence-corrected chi connectivity index (χ0v) is 19.4. The topological polar surface area (TPSA) is 62.2 Å². The Kier molecular flexibility index (Phi) is 6.65. The number of hydrogen-bond acceptors (Lipinski definition) is 6. The Morgan fingerprint density at radius 2 is 1.97 bits per heavy atom. The molecule has 7 heteroatoms. The lowest BCUT2D eigenvalue weighted by molar-refractivity contribution is -0.122. The van der Waals surface area contributed by atoms with E-state index in [9.17, 15) is 9.59 Å². The summed E-state index contributed by atoms with van der Waals surface area (Å²) in [6.45, 7) is 6.75. The summed E-state index contributed by atoms with van der Waals surface area (Å²) in [5, 5.41) is 0.608. The van der Waals surface area contributed by atoms with Crippen LogP contribution in [0.3, 0.4) is 0 Å². The molecule has 0 bridgehead atoms. The van der Waals surface area contributed by atoms with Gasteiger partial charge in [-0.1, -0.05) is 12.1 Å². The van der Waals surface area contributed by atoms with Crippen molar-refractivity contribution in [3.8, 4) is 0 Å². The van der Waals surface area contributed by atoms with Crippen molar-refractivity contribution in [1.29, 1.82) is 0 Å². The average molecular weight is 450 g/mol. The van der Waals surface area contributed by atoms with Crippen LogP contribution >= 0.6 is 11.8 Å². The predicted octanol–water partition coefficient (Wildman–Crippen LogP) is 5.01. The summed E-state index contributed by atoms with van der Waals surface area (Å²) in [7, 11) is 1.35. The molecule has 2 aromatic carbocycles. The summed E-state index contributed by atoms with van der Waals surface area (Å²) in [6, 6.07) is 13.3. The summed E-state index contributed by atoms with van der Waals surface area (Å²) in [4.78, 5) is 34.2. The molecule has 0 saturated carbocycles. The normalized spacial score (nSPS) is 18.8. The van der Waals surface area contributed by atoms with E-state index in [2.05, 4.69) is 35.0 Å². The fourth-order valence-electron chi connectivity index (χ4n) is 3.94. The number of methoxy groups -OCH3 is 1. The Morgan fingerprint density at radius 3 is 2.66 bits per heavy atom. The second-order valence-corrected chi connectivity index (χ2v) is 8.84. The quantitative estimate of drug-likeness (QED) is 0.475. The molecule has 2 fully saturated rings. The zero-order valence-electron chi connectivity index (χ0n) is 18.6. The van der Waals surface area contributed by atoms with E-state index in [1.54, 1.807) is 29.2 Å². The lowest BCUT2D eigenvalue weighted by Gasteiger charge is -2.18. The second-order valence-electron chi connectivity index (χ2n) is 7.83. The Balaban J connectivity index is 1.60. The van der Waals surface area contributed by atoms with Gasteiger partial charge < -0.3 is 9.64 Å². The van der Waals surface area contributed by atoms with Gasteiger partial charge in [0, 0.05) is 25.3 Å². The number of carbonyl (C=O) groups excluding carboxylic acids is 2. The van der Waals surface area contributed by atoms with E-state index < -0.39 is 5.97 Å². The van der Waals surface area contributed by atoms with Gasteiger partial charge in [-0.3, -0.25) is 9.69 Å². The number of aliphatic imine (C=N–C) groups is 1. The van der Waals surface area contributed by atoms with Gasteiger partial charge in [-0.25, -0.2) is 9.79 Å². The molecular weight excluding hydrogens is 422 g/mol. The third-order valence-corrected chi connectivity index (χ3v) is 6.71. The van der Waals surface area contributed by atoms with Gasteiger partial charge in [0.1, 0.15) is 0 Å². The highest BCUT2D eigenvalue weighted by Crippen LogP contribution is 2.35. The van der Waals surface area contributed by atoms with Crippen molar-refractivity contribution in [1.82, 2.24) is 4.90 Å². The second kappa shape index (κ2) is 9.61. The van der Waals surface area contributed by atoms with Crippen molar-refractivity contribution >= 4 is 46.3 Å². The number of benzene rings is 2. The monoisotopic (exact) mass is 449 g/mol. The first-order valence-electron chi connectivity index (χ1n) is 10.8. The maximum atomic E-state index is 13.0. The van der Waals surface area contributed by atoms with Gasteiger partial charge in [0.05, 0.1) is 23.3 Å².